The highest BCUT2D eigenvalue weighted by Crippen LogP contribution is 2.46. The molecule has 1 amide bonds. The predicted octanol–water partition coefficient (Wildman–Crippen LogP) is 6.26. The number of benzene rings is 1. The average Bonchev–Trinajstić information content (AvgIpc) is 3.02. The molecule has 3 aromatic rings. The predicted molar refractivity (Wildman–Crippen MR) is 176 cm³/mol. The molecule has 9 nitrogen and oxygen atoms in total. The lowest BCUT2D eigenvalue weighted by molar-refractivity contribution is -0.126. The Hall–Kier alpha value is -4.04. The number of allylic oxidation sites excluding steroid dienone is 2. The molecular formula is C32H30Cl3FN6O3. The van der Waals surface area contributed by atoms with Gasteiger partial charge >= 0.3 is 0 Å². The number of nitrogens with zero attached hydrogens (tertiary/aromatic N) is 5. The number of aromatic hydroxyl groups is 1. The van der Waals surface area contributed by atoms with Crippen molar-refractivity contribution in [3.05, 3.63) is 78.9 Å². The molecule has 4 heterocycles. The van der Waals surface area contributed by atoms with E-state index < -0.39 is 22.1 Å². The fourth-order valence-corrected chi connectivity index (χ4v) is 6.61. The number of halogens is 4. The molecule has 13 heteroatoms. The summed E-state index contributed by atoms with van der Waals surface area (Å²) in [6, 6.07) is 3.37. The van der Waals surface area contributed by atoms with Crippen molar-refractivity contribution in [3.8, 4) is 23.1 Å². The number of dihydropyridines is 1. The third-order valence-corrected chi connectivity index (χ3v) is 9.34. The summed E-state index contributed by atoms with van der Waals surface area (Å²) in [5.74, 6) is -1.78. The lowest BCUT2D eigenvalue weighted by Crippen LogP contribution is -2.49. The number of phenolic OH excluding ortho intramolecular Hbond substituents is 1. The molecule has 45 heavy (non-hydrogen) atoms. The number of pyridine rings is 2. The fourth-order valence-electron chi connectivity index (χ4n) is 5.94. The maximum absolute atomic E-state index is 14.7. The minimum atomic E-state index is -0.985. The van der Waals surface area contributed by atoms with Crippen molar-refractivity contribution >= 4 is 63.1 Å². The van der Waals surface area contributed by atoms with Gasteiger partial charge in [-0.3, -0.25) is 14.2 Å². The monoisotopic (exact) mass is 670 g/mol. The SMILES string of the molecule is C=CC(=O)N1CCN(c2c(C#N)c(=O)n(C3=C(C)C=CN[C@@H]3C(C)C)c3nc(-c4c(C)c(Cl)c(F)c(Cl)c4O)c(Cl)cc23)CC1. The summed E-state index contributed by atoms with van der Waals surface area (Å²) in [5, 5.41) is 24.3. The molecule has 0 bridgehead atoms. The fraction of sp³-hybridized carbons (Fsp3) is 0.312. The Kier molecular flexibility index (Phi) is 8.91. The number of phenols is 1. The second kappa shape index (κ2) is 12.4. The number of hydrogen-bond donors (Lipinski definition) is 2. The van der Waals surface area contributed by atoms with Gasteiger partial charge in [0.1, 0.15) is 28.1 Å². The third-order valence-electron chi connectivity index (χ3n) is 8.26. The Morgan fingerprint density at radius 2 is 1.89 bits per heavy atom. The lowest BCUT2D eigenvalue weighted by Gasteiger charge is -2.37. The molecular weight excluding hydrogens is 642 g/mol. The zero-order valence-corrected chi connectivity index (χ0v) is 27.3. The summed E-state index contributed by atoms with van der Waals surface area (Å²) in [7, 11) is 0. The van der Waals surface area contributed by atoms with Crippen molar-refractivity contribution in [1.29, 1.82) is 5.26 Å². The van der Waals surface area contributed by atoms with E-state index >= 15 is 0 Å². The molecule has 1 aromatic carbocycles. The van der Waals surface area contributed by atoms with Crippen LogP contribution in [0, 0.1) is 30.0 Å². The van der Waals surface area contributed by atoms with E-state index in [1.807, 2.05) is 31.7 Å². The van der Waals surface area contributed by atoms with Gasteiger partial charge in [-0.1, -0.05) is 55.2 Å². The highest BCUT2D eigenvalue weighted by molar-refractivity contribution is 6.38. The molecule has 0 unspecified atom stereocenters. The van der Waals surface area contributed by atoms with Crippen LogP contribution in [0.3, 0.4) is 0 Å². The van der Waals surface area contributed by atoms with E-state index in [0.717, 1.165) is 5.57 Å². The molecule has 2 N–H and O–H groups in total. The number of hydrogen-bond acceptors (Lipinski definition) is 7. The minimum absolute atomic E-state index is 0.00698. The summed E-state index contributed by atoms with van der Waals surface area (Å²) in [5.41, 5.74) is 1.31. The number of aromatic nitrogens is 2. The van der Waals surface area contributed by atoms with Gasteiger partial charge in [-0.05, 0) is 55.3 Å². The van der Waals surface area contributed by atoms with Gasteiger partial charge in [0.15, 0.2) is 5.82 Å². The molecule has 2 aliphatic rings. The normalized spacial score (nSPS) is 16.8. The van der Waals surface area contributed by atoms with Crippen molar-refractivity contribution < 1.29 is 14.3 Å². The number of nitriles is 1. The smallest absolute Gasteiger partial charge is 0.276 e. The lowest BCUT2D eigenvalue weighted by atomic mass is 9.94. The van der Waals surface area contributed by atoms with Crippen LogP contribution in [0.4, 0.5) is 10.1 Å². The van der Waals surface area contributed by atoms with Gasteiger partial charge < -0.3 is 20.2 Å². The maximum Gasteiger partial charge on any atom is 0.276 e. The molecule has 5 rings (SSSR count). The number of carbonyl (C=O) groups is 1. The van der Waals surface area contributed by atoms with E-state index in [1.165, 1.54) is 17.6 Å². The molecule has 2 aliphatic heterocycles. The summed E-state index contributed by atoms with van der Waals surface area (Å²) >= 11 is 19.2. The molecule has 0 radical (unpaired) electrons. The topological polar surface area (TPSA) is 114 Å². The van der Waals surface area contributed by atoms with Gasteiger partial charge in [-0.25, -0.2) is 9.37 Å². The van der Waals surface area contributed by atoms with E-state index in [2.05, 4.69) is 18.0 Å². The van der Waals surface area contributed by atoms with Crippen LogP contribution in [0.5, 0.6) is 5.75 Å². The van der Waals surface area contributed by atoms with Gasteiger partial charge in [0, 0.05) is 37.1 Å². The summed E-state index contributed by atoms with van der Waals surface area (Å²) < 4.78 is 16.1. The Balaban J connectivity index is 1.90. The summed E-state index contributed by atoms with van der Waals surface area (Å²) in [4.78, 5) is 35.1. The van der Waals surface area contributed by atoms with Crippen LogP contribution >= 0.6 is 34.8 Å². The zero-order chi connectivity index (χ0) is 32.9. The van der Waals surface area contributed by atoms with Crippen LogP contribution in [0.25, 0.3) is 28.0 Å². The van der Waals surface area contributed by atoms with Gasteiger partial charge in [-0.2, -0.15) is 5.26 Å². The second-order valence-corrected chi connectivity index (χ2v) is 12.4. The van der Waals surface area contributed by atoms with E-state index in [0.29, 0.717) is 42.9 Å². The number of piperazine rings is 1. The van der Waals surface area contributed by atoms with Gasteiger partial charge in [0.2, 0.25) is 5.91 Å². The van der Waals surface area contributed by atoms with E-state index in [-0.39, 0.29) is 55.9 Å². The number of fused-ring (bicyclic) bond motifs is 1. The first kappa shape index (κ1) is 32.4. The van der Waals surface area contributed by atoms with Crippen molar-refractivity contribution in [2.24, 2.45) is 5.92 Å². The van der Waals surface area contributed by atoms with Crippen LogP contribution in [0.15, 0.2) is 41.4 Å². The molecule has 1 saturated heterocycles. The van der Waals surface area contributed by atoms with Crippen molar-refractivity contribution in [2.75, 3.05) is 31.1 Å². The maximum atomic E-state index is 14.7. The molecule has 1 atom stereocenters. The van der Waals surface area contributed by atoms with Crippen LogP contribution in [-0.4, -0.2) is 57.7 Å². The number of amides is 1. The van der Waals surface area contributed by atoms with Crippen molar-refractivity contribution in [2.45, 2.75) is 33.7 Å². The first-order valence-corrected chi connectivity index (χ1v) is 15.3. The van der Waals surface area contributed by atoms with Crippen molar-refractivity contribution in [3.63, 3.8) is 0 Å². The molecule has 0 spiro atoms. The van der Waals surface area contributed by atoms with Crippen LogP contribution in [0.2, 0.25) is 15.1 Å². The molecule has 1 fully saturated rings. The molecule has 0 aliphatic carbocycles. The zero-order valence-electron chi connectivity index (χ0n) is 25.0. The molecule has 234 valence electrons. The Bertz CT molecular complexity index is 1910. The Morgan fingerprint density at radius 1 is 1.22 bits per heavy atom. The van der Waals surface area contributed by atoms with Crippen LogP contribution in [-0.2, 0) is 4.79 Å². The Labute approximate surface area is 274 Å². The number of nitrogens with one attached hydrogen (secondary N) is 1. The largest absolute Gasteiger partial charge is 0.506 e. The minimum Gasteiger partial charge on any atom is -0.506 e. The standard InChI is InChI=1S/C32H30Cl3FN6O3/c1-6-21(43)40-9-11-41(12-10-40)29-18-13-20(33)27(22-17(5)23(34)25(36)24(35)30(22)44)39-31(18)42(32(45)19(29)14-37)28-16(4)7-8-38-26(28)15(2)3/h6-8,13,15,26,38,44H,1,9-12H2,2-5H3/t26-/m1/s1. The number of anilines is 1. The van der Waals surface area contributed by atoms with E-state index in [4.69, 9.17) is 39.8 Å². The highest BCUT2D eigenvalue weighted by Gasteiger charge is 2.32. The summed E-state index contributed by atoms with van der Waals surface area (Å²) in [6.45, 7) is 12.3. The summed E-state index contributed by atoms with van der Waals surface area (Å²) in [6.07, 6.45) is 4.88. The van der Waals surface area contributed by atoms with Gasteiger partial charge in [0.25, 0.3) is 5.56 Å². The first-order chi connectivity index (χ1) is 21.3. The van der Waals surface area contributed by atoms with E-state index in [1.54, 1.807) is 17.2 Å². The molecule has 0 saturated carbocycles. The van der Waals surface area contributed by atoms with Crippen molar-refractivity contribution in [1.82, 2.24) is 19.8 Å². The first-order valence-electron chi connectivity index (χ1n) is 14.2. The van der Waals surface area contributed by atoms with Gasteiger partial charge in [0.05, 0.1) is 33.2 Å². The van der Waals surface area contributed by atoms with Crippen LogP contribution < -0.4 is 15.8 Å². The van der Waals surface area contributed by atoms with Gasteiger partial charge in [-0.15, -0.1) is 0 Å². The average molecular weight is 672 g/mol. The second-order valence-electron chi connectivity index (χ2n) is 11.3. The van der Waals surface area contributed by atoms with Crippen LogP contribution in [0.1, 0.15) is 31.9 Å². The Morgan fingerprint density at radius 3 is 2.49 bits per heavy atom. The quantitative estimate of drug-likeness (QED) is 0.243. The third kappa shape index (κ3) is 5.33. The van der Waals surface area contributed by atoms with E-state index in [9.17, 15) is 24.3 Å². The molecule has 2 aromatic heterocycles. The highest BCUT2D eigenvalue weighted by atomic mass is 35.5. The number of carbonyl (C=O) groups excluding carboxylic acids is 1. The number of rotatable bonds is 5.